The van der Waals surface area contributed by atoms with Crippen molar-refractivity contribution < 1.29 is 4.92 Å². The Kier molecular flexibility index (Phi) is 2.94. The Hall–Kier alpha value is -0.740. The standard InChI is InChI=1S/C7H6ClNO2S/c1-12-7-3-5(8)2-6(4-7)9(10)11/h2-4H,1H3. The Labute approximate surface area is 78.9 Å². The molecule has 1 rings (SSSR count). The number of hydrogen-bond donors (Lipinski definition) is 0. The summed E-state index contributed by atoms with van der Waals surface area (Å²) in [5.41, 5.74) is 0.0341. The maximum absolute atomic E-state index is 10.4. The van der Waals surface area contributed by atoms with Gasteiger partial charge in [0.2, 0.25) is 0 Å². The predicted octanol–water partition coefficient (Wildman–Crippen LogP) is 2.97. The van der Waals surface area contributed by atoms with E-state index in [0.717, 1.165) is 4.90 Å². The van der Waals surface area contributed by atoms with Crippen LogP contribution < -0.4 is 0 Å². The Bertz CT molecular complexity index is 316. The highest BCUT2D eigenvalue weighted by Crippen LogP contribution is 2.25. The lowest BCUT2D eigenvalue weighted by atomic mass is 10.3. The van der Waals surface area contributed by atoms with Crippen LogP contribution in [0.4, 0.5) is 5.69 Å². The predicted molar refractivity (Wildman–Crippen MR) is 49.9 cm³/mol. The minimum Gasteiger partial charge on any atom is -0.258 e. The van der Waals surface area contributed by atoms with Crippen molar-refractivity contribution in [2.45, 2.75) is 4.90 Å². The van der Waals surface area contributed by atoms with Gasteiger partial charge in [0.25, 0.3) is 5.69 Å². The molecule has 3 nitrogen and oxygen atoms in total. The molecule has 0 aliphatic rings. The molecule has 0 aromatic heterocycles. The van der Waals surface area contributed by atoms with Crippen LogP contribution in [0.1, 0.15) is 0 Å². The van der Waals surface area contributed by atoms with Gasteiger partial charge in [-0.2, -0.15) is 0 Å². The van der Waals surface area contributed by atoms with Gasteiger partial charge in [-0.15, -0.1) is 11.8 Å². The zero-order valence-corrected chi connectivity index (χ0v) is 7.85. The lowest BCUT2D eigenvalue weighted by molar-refractivity contribution is -0.385. The van der Waals surface area contributed by atoms with E-state index in [1.165, 1.54) is 23.9 Å². The number of hydrogen-bond acceptors (Lipinski definition) is 3. The van der Waals surface area contributed by atoms with Gasteiger partial charge in [0.1, 0.15) is 0 Å². The smallest absolute Gasteiger partial charge is 0.258 e. The third-order valence-electron chi connectivity index (χ3n) is 1.30. The van der Waals surface area contributed by atoms with Crippen LogP contribution in [-0.2, 0) is 0 Å². The molecule has 0 N–H and O–H groups in total. The Morgan fingerprint density at radius 2 is 2.17 bits per heavy atom. The van der Waals surface area contributed by atoms with Gasteiger partial charge >= 0.3 is 0 Å². The summed E-state index contributed by atoms with van der Waals surface area (Å²) in [5.74, 6) is 0. The van der Waals surface area contributed by atoms with E-state index in [1.807, 2.05) is 6.26 Å². The summed E-state index contributed by atoms with van der Waals surface area (Å²) >= 11 is 7.08. The highest BCUT2D eigenvalue weighted by atomic mass is 35.5. The van der Waals surface area contributed by atoms with Gasteiger partial charge in [0.05, 0.1) is 4.92 Å². The number of nitro benzene ring substituents is 1. The second-order valence-electron chi connectivity index (χ2n) is 2.11. The van der Waals surface area contributed by atoms with Crippen LogP contribution in [0.5, 0.6) is 0 Å². The summed E-state index contributed by atoms with van der Waals surface area (Å²) in [6.45, 7) is 0. The summed E-state index contributed by atoms with van der Waals surface area (Å²) in [7, 11) is 0. The van der Waals surface area contributed by atoms with Gasteiger partial charge in [-0.3, -0.25) is 10.1 Å². The molecule has 5 heteroatoms. The molecule has 1 aromatic rings. The summed E-state index contributed by atoms with van der Waals surface area (Å²) in [6.07, 6.45) is 1.84. The van der Waals surface area contributed by atoms with Crippen molar-refractivity contribution in [2.75, 3.05) is 6.26 Å². The molecule has 0 saturated heterocycles. The number of thioether (sulfide) groups is 1. The van der Waals surface area contributed by atoms with Crippen molar-refractivity contribution in [3.63, 3.8) is 0 Å². The molecule has 0 unspecified atom stereocenters. The molecule has 0 heterocycles. The summed E-state index contributed by atoms with van der Waals surface area (Å²) in [6, 6.07) is 4.52. The van der Waals surface area contributed by atoms with Gasteiger partial charge < -0.3 is 0 Å². The van der Waals surface area contributed by atoms with E-state index in [-0.39, 0.29) is 5.69 Å². The summed E-state index contributed by atoms with van der Waals surface area (Å²) < 4.78 is 0. The molecule has 0 atom stereocenters. The number of halogens is 1. The molecule has 12 heavy (non-hydrogen) atoms. The van der Waals surface area contributed by atoms with Crippen molar-refractivity contribution in [3.05, 3.63) is 33.3 Å². The molecular formula is C7H6ClNO2S. The second-order valence-corrected chi connectivity index (χ2v) is 3.42. The monoisotopic (exact) mass is 203 g/mol. The number of benzene rings is 1. The van der Waals surface area contributed by atoms with Crippen LogP contribution in [0.3, 0.4) is 0 Å². The van der Waals surface area contributed by atoms with Crippen molar-refractivity contribution >= 4 is 29.1 Å². The first-order chi connectivity index (χ1) is 5.63. The van der Waals surface area contributed by atoms with Crippen molar-refractivity contribution in [3.8, 4) is 0 Å². The maximum atomic E-state index is 10.4. The van der Waals surface area contributed by atoms with Crippen molar-refractivity contribution in [2.24, 2.45) is 0 Å². The van der Waals surface area contributed by atoms with Crippen LogP contribution in [0, 0.1) is 10.1 Å². The zero-order chi connectivity index (χ0) is 9.14. The lowest BCUT2D eigenvalue weighted by Gasteiger charge is -1.97. The first-order valence-corrected chi connectivity index (χ1v) is 4.72. The third-order valence-corrected chi connectivity index (χ3v) is 2.23. The van der Waals surface area contributed by atoms with Crippen LogP contribution in [0.2, 0.25) is 5.02 Å². The van der Waals surface area contributed by atoms with Crippen LogP contribution in [-0.4, -0.2) is 11.2 Å². The molecule has 0 aliphatic carbocycles. The second kappa shape index (κ2) is 3.78. The molecule has 1 aromatic carbocycles. The third kappa shape index (κ3) is 2.12. The minimum atomic E-state index is -0.453. The average Bonchev–Trinajstić information content (AvgIpc) is 2.03. The zero-order valence-electron chi connectivity index (χ0n) is 6.28. The van der Waals surface area contributed by atoms with E-state index < -0.39 is 4.92 Å². The number of non-ortho nitro benzene ring substituents is 1. The summed E-state index contributed by atoms with van der Waals surface area (Å²) in [5, 5.41) is 10.8. The van der Waals surface area contributed by atoms with E-state index in [1.54, 1.807) is 6.07 Å². The molecule has 0 radical (unpaired) electrons. The number of nitro groups is 1. The topological polar surface area (TPSA) is 43.1 Å². The first-order valence-electron chi connectivity index (χ1n) is 3.12. The fourth-order valence-electron chi connectivity index (χ4n) is 0.771. The largest absolute Gasteiger partial charge is 0.272 e. The highest BCUT2D eigenvalue weighted by molar-refractivity contribution is 7.98. The molecule has 0 spiro atoms. The first kappa shape index (κ1) is 9.35. The fraction of sp³-hybridized carbons (Fsp3) is 0.143. The van der Waals surface area contributed by atoms with E-state index >= 15 is 0 Å². The Balaban J connectivity index is 3.15. The molecular weight excluding hydrogens is 198 g/mol. The van der Waals surface area contributed by atoms with Crippen LogP contribution >= 0.6 is 23.4 Å². The lowest BCUT2D eigenvalue weighted by Crippen LogP contribution is -1.87. The van der Waals surface area contributed by atoms with Gasteiger partial charge in [0, 0.05) is 22.1 Å². The molecule has 0 fully saturated rings. The van der Waals surface area contributed by atoms with Gasteiger partial charge in [-0.1, -0.05) is 11.6 Å². The SMILES string of the molecule is CSc1cc(Cl)cc([N+](=O)[O-])c1. The van der Waals surface area contributed by atoms with E-state index in [0.29, 0.717) is 5.02 Å². The van der Waals surface area contributed by atoms with E-state index in [2.05, 4.69) is 0 Å². The molecule has 0 saturated carbocycles. The molecule has 64 valence electrons. The van der Waals surface area contributed by atoms with Crippen molar-refractivity contribution in [1.82, 2.24) is 0 Å². The molecule has 0 aliphatic heterocycles. The average molecular weight is 204 g/mol. The van der Waals surface area contributed by atoms with Crippen LogP contribution in [0.25, 0.3) is 0 Å². The van der Waals surface area contributed by atoms with Crippen molar-refractivity contribution in [1.29, 1.82) is 0 Å². The quantitative estimate of drug-likeness (QED) is 0.422. The Morgan fingerprint density at radius 3 is 2.67 bits per heavy atom. The normalized spacial score (nSPS) is 9.83. The maximum Gasteiger partial charge on any atom is 0.272 e. The highest BCUT2D eigenvalue weighted by Gasteiger charge is 2.07. The number of rotatable bonds is 2. The molecule has 0 amide bonds. The fourth-order valence-corrected chi connectivity index (χ4v) is 1.55. The van der Waals surface area contributed by atoms with E-state index in [4.69, 9.17) is 11.6 Å². The molecule has 0 bridgehead atoms. The summed E-state index contributed by atoms with van der Waals surface area (Å²) in [4.78, 5) is 10.7. The van der Waals surface area contributed by atoms with Gasteiger partial charge in [0.15, 0.2) is 0 Å². The van der Waals surface area contributed by atoms with Crippen LogP contribution in [0.15, 0.2) is 23.1 Å². The number of nitrogens with zero attached hydrogens (tertiary/aromatic N) is 1. The van der Waals surface area contributed by atoms with Gasteiger partial charge in [-0.25, -0.2) is 0 Å². The minimum absolute atomic E-state index is 0.0341. The van der Waals surface area contributed by atoms with E-state index in [9.17, 15) is 10.1 Å². The Morgan fingerprint density at radius 1 is 1.50 bits per heavy atom. The van der Waals surface area contributed by atoms with Gasteiger partial charge in [-0.05, 0) is 12.3 Å².